The fourth-order valence-electron chi connectivity index (χ4n) is 2.83. The number of aryl methyl sites for hydroxylation is 2. The molecule has 0 spiro atoms. The van der Waals surface area contributed by atoms with Crippen molar-refractivity contribution in [1.82, 2.24) is 4.31 Å². The molecule has 1 saturated heterocycles. The maximum Gasteiger partial charge on any atom is 0.310 e. The van der Waals surface area contributed by atoms with Gasteiger partial charge in [-0.05, 0) is 43.5 Å². The quantitative estimate of drug-likeness (QED) is 0.666. The van der Waals surface area contributed by atoms with Crippen LogP contribution in [0.2, 0.25) is 0 Å². The molecule has 1 aromatic rings. The van der Waals surface area contributed by atoms with Crippen molar-refractivity contribution in [2.24, 2.45) is 5.92 Å². The highest BCUT2D eigenvalue weighted by Crippen LogP contribution is 2.30. The number of hydrogen-bond donors (Lipinski definition) is 1. The molecular weight excluding hydrogens is 292 g/mol. The van der Waals surface area contributed by atoms with Crippen LogP contribution in [0, 0.1) is 19.8 Å². The Morgan fingerprint density at radius 3 is 2.43 bits per heavy atom. The Labute approximate surface area is 124 Å². The summed E-state index contributed by atoms with van der Waals surface area (Å²) in [6, 6.07) is 3.29. The van der Waals surface area contributed by atoms with Gasteiger partial charge in [-0.2, -0.15) is 4.31 Å². The molecule has 2 rings (SSSR count). The SMILES string of the molecule is COC(=O)C1CCN(S(=O)(=O)c2c(C)cc(N)cc2C)C1. The van der Waals surface area contributed by atoms with Crippen molar-refractivity contribution in [2.45, 2.75) is 25.2 Å². The van der Waals surface area contributed by atoms with Crippen molar-refractivity contribution in [3.05, 3.63) is 23.3 Å². The number of esters is 1. The van der Waals surface area contributed by atoms with Crippen molar-refractivity contribution in [3.63, 3.8) is 0 Å². The summed E-state index contributed by atoms with van der Waals surface area (Å²) in [7, 11) is -2.31. The molecule has 1 atom stereocenters. The van der Waals surface area contributed by atoms with E-state index in [9.17, 15) is 13.2 Å². The number of nitrogens with zero attached hydrogens (tertiary/aromatic N) is 1. The standard InChI is InChI=1S/C14H20N2O4S/c1-9-6-12(15)7-10(2)13(9)21(18,19)16-5-4-11(8-16)14(17)20-3/h6-7,11H,4-5,8,15H2,1-3H3. The van der Waals surface area contributed by atoms with Crippen LogP contribution in [-0.2, 0) is 19.6 Å². The second kappa shape index (κ2) is 5.65. The third-order valence-electron chi connectivity index (χ3n) is 3.77. The van der Waals surface area contributed by atoms with Gasteiger partial charge in [-0.3, -0.25) is 4.79 Å². The largest absolute Gasteiger partial charge is 0.469 e. The zero-order valence-corrected chi connectivity index (χ0v) is 13.2. The lowest BCUT2D eigenvalue weighted by Gasteiger charge is -2.19. The first-order valence-electron chi connectivity index (χ1n) is 6.72. The third kappa shape index (κ3) is 2.89. The van der Waals surface area contributed by atoms with E-state index < -0.39 is 10.0 Å². The summed E-state index contributed by atoms with van der Waals surface area (Å²) < 4.78 is 31.6. The summed E-state index contributed by atoms with van der Waals surface area (Å²) in [6.45, 7) is 3.94. The summed E-state index contributed by atoms with van der Waals surface area (Å²) in [6.07, 6.45) is 0.485. The molecular formula is C14H20N2O4S. The van der Waals surface area contributed by atoms with E-state index >= 15 is 0 Å². The van der Waals surface area contributed by atoms with E-state index in [-0.39, 0.29) is 23.3 Å². The van der Waals surface area contributed by atoms with Crippen molar-refractivity contribution in [1.29, 1.82) is 0 Å². The number of rotatable bonds is 3. The van der Waals surface area contributed by atoms with E-state index in [2.05, 4.69) is 4.74 Å². The zero-order valence-electron chi connectivity index (χ0n) is 12.4. The van der Waals surface area contributed by atoms with Gasteiger partial charge in [0.25, 0.3) is 0 Å². The van der Waals surface area contributed by atoms with Gasteiger partial charge in [0.05, 0.1) is 17.9 Å². The molecule has 1 aliphatic rings. The first kappa shape index (κ1) is 15.8. The average molecular weight is 312 g/mol. The molecule has 1 unspecified atom stereocenters. The molecule has 116 valence electrons. The van der Waals surface area contributed by atoms with E-state index in [4.69, 9.17) is 5.73 Å². The van der Waals surface area contributed by atoms with Crippen molar-refractivity contribution in [2.75, 3.05) is 25.9 Å². The minimum absolute atomic E-state index is 0.165. The fourth-order valence-corrected chi connectivity index (χ4v) is 4.74. The molecule has 0 radical (unpaired) electrons. The Kier molecular flexibility index (Phi) is 4.25. The molecule has 7 heteroatoms. The maximum atomic E-state index is 12.8. The van der Waals surface area contributed by atoms with Crippen LogP contribution in [0.25, 0.3) is 0 Å². The molecule has 0 aliphatic carbocycles. The van der Waals surface area contributed by atoms with Crippen molar-refractivity contribution < 1.29 is 17.9 Å². The molecule has 1 fully saturated rings. The predicted molar refractivity (Wildman–Crippen MR) is 79.2 cm³/mol. The summed E-state index contributed by atoms with van der Waals surface area (Å²) in [5, 5.41) is 0. The maximum absolute atomic E-state index is 12.8. The van der Waals surface area contributed by atoms with Gasteiger partial charge in [0.15, 0.2) is 0 Å². The van der Waals surface area contributed by atoms with Crippen LogP contribution in [-0.4, -0.2) is 38.9 Å². The summed E-state index contributed by atoms with van der Waals surface area (Å²) in [5.74, 6) is -0.752. The molecule has 0 bridgehead atoms. The van der Waals surface area contributed by atoms with Gasteiger partial charge < -0.3 is 10.5 Å². The lowest BCUT2D eigenvalue weighted by Crippen LogP contribution is -2.31. The Balaban J connectivity index is 2.34. The minimum atomic E-state index is -3.62. The van der Waals surface area contributed by atoms with Crippen molar-refractivity contribution in [3.8, 4) is 0 Å². The third-order valence-corrected chi connectivity index (χ3v) is 5.94. The lowest BCUT2D eigenvalue weighted by atomic mass is 10.1. The smallest absolute Gasteiger partial charge is 0.310 e. The first-order chi connectivity index (χ1) is 9.77. The molecule has 0 saturated carbocycles. The average Bonchev–Trinajstić information content (AvgIpc) is 2.86. The number of carbonyl (C=O) groups excluding carboxylic acids is 1. The number of nitrogens with two attached hydrogens (primary N) is 1. The zero-order chi connectivity index (χ0) is 15.8. The van der Waals surface area contributed by atoms with Crippen LogP contribution in [0.15, 0.2) is 17.0 Å². The first-order valence-corrected chi connectivity index (χ1v) is 8.16. The van der Waals surface area contributed by atoms with Gasteiger partial charge in [-0.25, -0.2) is 8.42 Å². The number of anilines is 1. The second-order valence-electron chi connectivity index (χ2n) is 5.36. The second-order valence-corrected chi connectivity index (χ2v) is 7.23. The highest BCUT2D eigenvalue weighted by Gasteiger charge is 2.37. The highest BCUT2D eigenvalue weighted by molar-refractivity contribution is 7.89. The van der Waals surface area contributed by atoms with Crippen LogP contribution < -0.4 is 5.73 Å². The molecule has 0 aromatic heterocycles. The molecule has 0 amide bonds. The van der Waals surface area contributed by atoms with Crippen LogP contribution >= 0.6 is 0 Å². The van der Waals surface area contributed by atoms with Gasteiger partial charge in [0, 0.05) is 18.8 Å². The molecule has 6 nitrogen and oxygen atoms in total. The highest BCUT2D eigenvalue weighted by atomic mass is 32.2. The number of carbonyl (C=O) groups is 1. The predicted octanol–water partition coefficient (Wildman–Crippen LogP) is 1.07. The van der Waals surface area contributed by atoms with Crippen LogP contribution in [0.1, 0.15) is 17.5 Å². The molecule has 1 heterocycles. The Bertz CT molecular complexity index is 647. The number of hydrogen-bond acceptors (Lipinski definition) is 5. The normalized spacial score (nSPS) is 19.7. The van der Waals surface area contributed by atoms with Gasteiger partial charge in [0.2, 0.25) is 10.0 Å². The van der Waals surface area contributed by atoms with Gasteiger partial charge in [-0.1, -0.05) is 0 Å². The molecule has 21 heavy (non-hydrogen) atoms. The van der Waals surface area contributed by atoms with E-state index in [0.29, 0.717) is 29.8 Å². The summed E-state index contributed by atoms with van der Waals surface area (Å²) >= 11 is 0. The number of benzene rings is 1. The molecule has 2 N–H and O–H groups in total. The fraction of sp³-hybridized carbons (Fsp3) is 0.500. The van der Waals surface area contributed by atoms with Crippen LogP contribution in [0.3, 0.4) is 0 Å². The molecule has 1 aromatic carbocycles. The summed E-state index contributed by atoms with van der Waals surface area (Å²) in [4.78, 5) is 11.8. The topological polar surface area (TPSA) is 89.7 Å². The van der Waals surface area contributed by atoms with E-state index in [0.717, 1.165) is 0 Å². The minimum Gasteiger partial charge on any atom is -0.469 e. The Morgan fingerprint density at radius 1 is 1.33 bits per heavy atom. The molecule has 1 aliphatic heterocycles. The number of nitrogen functional groups attached to an aromatic ring is 1. The van der Waals surface area contributed by atoms with Gasteiger partial charge >= 0.3 is 5.97 Å². The number of sulfonamides is 1. The van der Waals surface area contributed by atoms with Crippen molar-refractivity contribution >= 4 is 21.7 Å². The van der Waals surface area contributed by atoms with E-state index in [1.165, 1.54) is 11.4 Å². The number of ether oxygens (including phenoxy) is 1. The van der Waals surface area contributed by atoms with Crippen LogP contribution in [0.5, 0.6) is 0 Å². The van der Waals surface area contributed by atoms with Crippen LogP contribution in [0.4, 0.5) is 5.69 Å². The summed E-state index contributed by atoms with van der Waals surface area (Å²) in [5.41, 5.74) is 7.51. The van der Waals surface area contributed by atoms with E-state index in [1.54, 1.807) is 26.0 Å². The number of methoxy groups -OCH3 is 1. The lowest BCUT2D eigenvalue weighted by molar-refractivity contribution is -0.144. The Morgan fingerprint density at radius 2 is 1.90 bits per heavy atom. The Hall–Kier alpha value is -1.60. The monoisotopic (exact) mass is 312 g/mol. The van der Waals surface area contributed by atoms with Gasteiger partial charge in [0.1, 0.15) is 0 Å². The van der Waals surface area contributed by atoms with Gasteiger partial charge in [-0.15, -0.1) is 0 Å². The van der Waals surface area contributed by atoms with E-state index in [1.807, 2.05) is 0 Å².